The van der Waals surface area contributed by atoms with Gasteiger partial charge in [-0.05, 0) is 59.9 Å². The number of hydrogen-bond donors (Lipinski definition) is 0. The summed E-state index contributed by atoms with van der Waals surface area (Å²) in [6, 6.07) is 19.2. The van der Waals surface area contributed by atoms with E-state index in [0.717, 1.165) is 16.7 Å². The molecule has 0 radical (unpaired) electrons. The van der Waals surface area contributed by atoms with Gasteiger partial charge in [-0.15, -0.1) is 0 Å². The van der Waals surface area contributed by atoms with Gasteiger partial charge in [-0.1, -0.05) is 50.2 Å². The Bertz CT molecular complexity index is 1330. The summed E-state index contributed by atoms with van der Waals surface area (Å²) in [7, 11) is 0. The maximum Gasteiger partial charge on any atom is 0.257 e. The van der Waals surface area contributed by atoms with Crippen LogP contribution in [-0.4, -0.2) is 35.5 Å². The molecule has 0 N–H and O–H groups in total. The van der Waals surface area contributed by atoms with E-state index in [1.165, 1.54) is 9.80 Å². The van der Waals surface area contributed by atoms with Gasteiger partial charge in [-0.2, -0.15) is 0 Å². The molecule has 0 aliphatic carbocycles. The quantitative estimate of drug-likeness (QED) is 0.469. The Balaban J connectivity index is 1.48. The van der Waals surface area contributed by atoms with Gasteiger partial charge in [0, 0.05) is 12.1 Å². The maximum atomic E-state index is 13.8. The number of hydrogen-bond acceptors (Lipinski definition) is 5. The monoisotopic (exact) mass is 484 g/mol. The molecule has 1 saturated heterocycles. The summed E-state index contributed by atoms with van der Waals surface area (Å²) in [6.45, 7) is 6.32. The molecule has 2 aliphatic heterocycles. The summed E-state index contributed by atoms with van der Waals surface area (Å²) in [5.41, 5.74) is 3.72. The molecule has 3 aromatic rings. The lowest BCUT2D eigenvalue weighted by atomic mass is 10.0. The van der Waals surface area contributed by atoms with Gasteiger partial charge in [0.15, 0.2) is 11.5 Å². The van der Waals surface area contributed by atoms with E-state index in [1.54, 1.807) is 30.3 Å². The molecule has 184 valence electrons. The highest BCUT2D eigenvalue weighted by molar-refractivity contribution is 6.23. The Morgan fingerprint density at radius 3 is 2.44 bits per heavy atom. The molecule has 1 unspecified atom stereocenters. The molecular formula is C29H28N2O5. The first-order valence-corrected chi connectivity index (χ1v) is 12.1. The third kappa shape index (κ3) is 4.33. The Morgan fingerprint density at radius 2 is 1.72 bits per heavy atom. The molecule has 0 spiro atoms. The minimum Gasteiger partial charge on any atom is -0.454 e. The second-order valence-electron chi connectivity index (χ2n) is 9.47. The van der Waals surface area contributed by atoms with Crippen molar-refractivity contribution < 1.29 is 23.9 Å². The summed E-state index contributed by atoms with van der Waals surface area (Å²) in [5, 5.41) is 0. The van der Waals surface area contributed by atoms with Gasteiger partial charge in [-0.3, -0.25) is 14.4 Å². The van der Waals surface area contributed by atoms with Crippen LogP contribution < -0.4 is 14.4 Å². The highest BCUT2D eigenvalue weighted by atomic mass is 16.7. The van der Waals surface area contributed by atoms with Crippen molar-refractivity contribution in [2.75, 3.05) is 11.7 Å². The van der Waals surface area contributed by atoms with E-state index in [2.05, 4.69) is 13.8 Å². The Kier molecular flexibility index (Phi) is 6.22. The fourth-order valence-electron chi connectivity index (χ4n) is 4.67. The molecular weight excluding hydrogens is 456 g/mol. The molecule has 0 bridgehead atoms. The molecule has 3 aromatic carbocycles. The summed E-state index contributed by atoms with van der Waals surface area (Å²) < 4.78 is 10.9. The number of aryl methyl sites for hydroxylation is 1. The summed E-state index contributed by atoms with van der Waals surface area (Å²) >= 11 is 0. The molecule has 2 heterocycles. The number of ether oxygens (including phenoxy) is 2. The van der Waals surface area contributed by atoms with Gasteiger partial charge >= 0.3 is 0 Å². The maximum absolute atomic E-state index is 13.8. The average molecular weight is 485 g/mol. The number of nitrogens with zero attached hydrogens (tertiary/aromatic N) is 2. The van der Waals surface area contributed by atoms with Gasteiger partial charge in [0.05, 0.1) is 12.1 Å². The molecule has 0 aromatic heterocycles. The van der Waals surface area contributed by atoms with E-state index >= 15 is 0 Å². The third-order valence-corrected chi connectivity index (χ3v) is 6.74. The number of amides is 3. The van der Waals surface area contributed by atoms with Crippen LogP contribution in [0.4, 0.5) is 5.69 Å². The van der Waals surface area contributed by atoms with Crippen LogP contribution in [0.15, 0.2) is 66.7 Å². The topological polar surface area (TPSA) is 76.2 Å². The molecule has 3 amide bonds. The third-order valence-electron chi connectivity index (χ3n) is 6.74. The van der Waals surface area contributed by atoms with Crippen LogP contribution in [0.25, 0.3) is 0 Å². The van der Waals surface area contributed by atoms with Crippen molar-refractivity contribution in [2.45, 2.75) is 45.7 Å². The highest BCUT2D eigenvalue weighted by Gasteiger charge is 2.44. The van der Waals surface area contributed by atoms with Crippen molar-refractivity contribution in [3.8, 4) is 11.5 Å². The van der Waals surface area contributed by atoms with Crippen LogP contribution in [0.5, 0.6) is 11.5 Å². The van der Waals surface area contributed by atoms with Gasteiger partial charge in [-0.25, -0.2) is 4.90 Å². The molecule has 7 nitrogen and oxygen atoms in total. The van der Waals surface area contributed by atoms with Crippen molar-refractivity contribution in [3.05, 3.63) is 89.0 Å². The number of rotatable bonds is 6. The van der Waals surface area contributed by atoms with Crippen LogP contribution >= 0.6 is 0 Å². The number of imide groups is 1. The predicted octanol–water partition coefficient (Wildman–Crippen LogP) is 4.82. The Hall–Kier alpha value is -4.13. The zero-order valence-corrected chi connectivity index (χ0v) is 20.6. The average Bonchev–Trinajstić information content (AvgIpc) is 3.45. The predicted molar refractivity (Wildman–Crippen MR) is 135 cm³/mol. The van der Waals surface area contributed by atoms with Crippen molar-refractivity contribution >= 4 is 23.4 Å². The standard InChI is InChI=1S/C29H28N2O5/c1-18(2)21-9-11-22(12-10-21)31-27(32)15-24(29(31)34)30(28(33)23-7-5-4-6-19(23)3)16-20-8-13-25-26(14-20)36-17-35-25/h4-14,18,24H,15-17H2,1-3H3. The van der Waals surface area contributed by atoms with Crippen LogP contribution in [0.1, 0.15) is 53.2 Å². The van der Waals surface area contributed by atoms with E-state index in [4.69, 9.17) is 9.47 Å². The van der Waals surface area contributed by atoms with E-state index in [1.807, 2.05) is 43.3 Å². The number of carbonyl (C=O) groups excluding carboxylic acids is 3. The smallest absolute Gasteiger partial charge is 0.257 e. The fraction of sp³-hybridized carbons (Fsp3) is 0.276. The second-order valence-corrected chi connectivity index (χ2v) is 9.47. The van der Waals surface area contributed by atoms with E-state index < -0.39 is 11.9 Å². The van der Waals surface area contributed by atoms with Gasteiger partial charge in [0.2, 0.25) is 12.7 Å². The lowest BCUT2D eigenvalue weighted by Crippen LogP contribution is -2.45. The second kappa shape index (κ2) is 9.49. The van der Waals surface area contributed by atoms with Crippen molar-refractivity contribution in [2.24, 2.45) is 0 Å². The summed E-state index contributed by atoms with van der Waals surface area (Å²) in [6.07, 6.45) is -0.0765. The van der Waals surface area contributed by atoms with Crippen molar-refractivity contribution in [3.63, 3.8) is 0 Å². The molecule has 2 aliphatic rings. The lowest BCUT2D eigenvalue weighted by Gasteiger charge is -2.28. The number of benzene rings is 3. The van der Waals surface area contributed by atoms with Gasteiger partial charge in [0.1, 0.15) is 6.04 Å². The van der Waals surface area contributed by atoms with E-state index in [0.29, 0.717) is 28.7 Å². The first kappa shape index (κ1) is 23.6. The normalized spacial score (nSPS) is 16.7. The molecule has 1 atom stereocenters. The van der Waals surface area contributed by atoms with E-state index in [9.17, 15) is 14.4 Å². The van der Waals surface area contributed by atoms with Gasteiger partial charge in [0.25, 0.3) is 11.8 Å². The number of anilines is 1. The first-order valence-electron chi connectivity index (χ1n) is 12.1. The molecule has 1 fully saturated rings. The minimum absolute atomic E-state index is 0.0765. The summed E-state index contributed by atoms with van der Waals surface area (Å²) in [4.78, 5) is 43.2. The van der Waals surface area contributed by atoms with Crippen LogP contribution in [0.2, 0.25) is 0 Å². The minimum atomic E-state index is -0.917. The van der Waals surface area contributed by atoms with Crippen LogP contribution in [0, 0.1) is 6.92 Å². The molecule has 36 heavy (non-hydrogen) atoms. The Morgan fingerprint density at radius 1 is 1.00 bits per heavy atom. The Labute approximate surface area is 210 Å². The fourth-order valence-corrected chi connectivity index (χ4v) is 4.67. The SMILES string of the molecule is Cc1ccccc1C(=O)N(Cc1ccc2c(c1)OCO2)C1CC(=O)N(c2ccc(C(C)C)cc2)C1=O. The van der Waals surface area contributed by atoms with Crippen LogP contribution in [0.3, 0.4) is 0 Å². The molecule has 7 heteroatoms. The first-order chi connectivity index (χ1) is 17.3. The molecule has 0 saturated carbocycles. The van der Waals surface area contributed by atoms with Gasteiger partial charge < -0.3 is 14.4 Å². The number of fused-ring (bicyclic) bond motifs is 1. The number of carbonyl (C=O) groups is 3. The zero-order chi connectivity index (χ0) is 25.4. The van der Waals surface area contributed by atoms with Crippen LogP contribution in [-0.2, 0) is 16.1 Å². The largest absolute Gasteiger partial charge is 0.454 e. The lowest BCUT2D eigenvalue weighted by molar-refractivity contribution is -0.122. The van der Waals surface area contributed by atoms with Crippen molar-refractivity contribution in [1.82, 2.24) is 4.90 Å². The summed E-state index contributed by atoms with van der Waals surface area (Å²) in [5.74, 6) is 0.542. The molecule has 5 rings (SSSR count). The van der Waals surface area contributed by atoms with Crippen molar-refractivity contribution in [1.29, 1.82) is 0 Å². The van der Waals surface area contributed by atoms with E-state index in [-0.39, 0.29) is 31.6 Å². The zero-order valence-electron chi connectivity index (χ0n) is 20.6. The highest BCUT2D eigenvalue weighted by Crippen LogP contribution is 2.34.